The molecule has 1 aromatic heterocycles. The van der Waals surface area contributed by atoms with Gasteiger partial charge in [0.1, 0.15) is 10.7 Å². The molecule has 112 valence electrons. The molecule has 0 saturated carbocycles. The molecule has 9 heteroatoms. The number of nitrogens with one attached hydrogen (secondary N) is 2. The number of thiazole rings is 1. The van der Waals surface area contributed by atoms with Gasteiger partial charge in [-0.2, -0.15) is 0 Å². The first-order valence-corrected chi connectivity index (χ1v) is 7.22. The number of aromatic nitrogens is 1. The van der Waals surface area contributed by atoms with Gasteiger partial charge in [0.05, 0.1) is 19.3 Å². The summed E-state index contributed by atoms with van der Waals surface area (Å²) in [5.74, 6) is -0.245. The zero-order valence-electron chi connectivity index (χ0n) is 11.0. The summed E-state index contributed by atoms with van der Waals surface area (Å²) in [6.45, 7) is 2.74. The minimum atomic E-state index is -0.688. The summed E-state index contributed by atoms with van der Waals surface area (Å²) in [5.41, 5.74) is 5.78. The molecule has 0 atom stereocenters. The Morgan fingerprint density at radius 3 is 2.70 bits per heavy atom. The smallest absolute Gasteiger partial charge is 0.265 e. The molecule has 0 spiro atoms. The number of aliphatic hydroxyl groups excluding tert-OH is 2. The van der Waals surface area contributed by atoms with Crippen molar-refractivity contribution in [1.82, 2.24) is 15.6 Å². The first kappa shape index (κ1) is 15.0. The van der Waals surface area contributed by atoms with Crippen LogP contribution in [0.5, 0.6) is 0 Å². The lowest BCUT2D eigenvalue weighted by Gasteiger charge is -2.26. The molecule has 0 radical (unpaired) electrons. The molecule has 0 aromatic carbocycles. The lowest BCUT2D eigenvalue weighted by molar-refractivity contribution is 0.0884. The minimum absolute atomic E-state index is 0.177. The monoisotopic (exact) mass is 301 g/mol. The molecule has 0 aliphatic carbocycles. The van der Waals surface area contributed by atoms with Crippen LogP contribution >= 0.6 is 11.3 Å². The quantitative estimate of drug-likeness (QED) is 0.435. The van der Waals surface area contributed by atoms with Crippen LogP contribution in [0.25, 0.3) is 0 Å². The number of nitrogen functional groups attached to an aromatic ring is 1. The molecule has 6 N–H and O–H groups in total. The molecule has 1 saturated heterocycles. The first-order valence-electron chi connectivity index (χ1n) is 6.40. The van der Waals surface area contributed by atoms with E-state index in [1.54, 1.807) is 0 Å². The van der Waals surface area contributed by atoms with E-state index in [2.05, 4.69) is 20.5 Å². The van der Waals surface area contributed by atoms with Gasteiger partial charge in [-0.25, -0.2) is 4.98 Å². The van der Waals surface area contributed by atoms with Gasteiger partial charge in [-0.1, -0.05) is 11.3 Å². The van der Waals surface area contributed by atoms with Crippen molar-refractivity contribution < 1.29 is 15.0 Å². The Hall–Kier alpha value is -1.42. The highest BCUT2D eigenvalue weighted by molar-refractivity contribution is 7.18. The zero-order chi connectivity index (χ0) is 14.5. The van der Waals surface area contributed by atoms with Crippen LogP contribution in [0.3, 0.4) is 0 Å². The molecular formula is C11H19N5O3S. The van der Waals surface area contributed by atoms with Crippen molar-refractivity contribution in [2.24, 2.45) is 0 Å². The first-order chi connectivity index (χ1) is 9.65. The number of carbonyl (C=O) groups excluding carboxylic acids is 1. The second-order valence-corrected chi connectivity index (χ2v) is 5.46. The summed E-state index contributed by atoms with van der Waals surface area (Å²) in [6, 6.07) is -0.688. The Morgan fingerprint density at radius 2 is 2.10 bits per heavy atom. The summed E-state index contributed by atoms with van der Waals surface area (Å²) in [4.78, 5) is 18.6. The van der Waals surface area contributed by atoms with Gasteiger partial charge in [-0.3, -0.25) is 4.79 Å². The van der Waals surface area contributed by atoms with Crippen LogP contribution in [-0.2, 0) is 0 Å². The average Bonchev–Trinajstić information content (AvgIpc) is 2.87. The van der Waals surface area contributed by atoms with Gasteiger partial charge in [0, 0.05) is 26.2 Å². The maximum atomic E-state index is 12.0. The van der Waals surface area contributed by atoms with Crippen LogP contribution < -0.4 is 21.3 Å². The summed E-state index contributed by atoms with van der Waals surface area (Å²) in [6.07, 6.45) is 0. The van der Waals surface area contributed by atoms with Crippen LogP contribution in [0.1, 0.15) is 9.67 Å². The van der Waals surface area contributed by atoms with Crippen LogP contribution in [0.2, 0.25) is 0 Å². The van der Waals surface area contributed by atoms with Crippen LogP contribution in [-0.4, -0.2) is 66.5 Å². The second kappa shape index (κ2) is 6.84. The summed E-state index contributed by atoms with van der Waals surface area (Å²) >= 11 is 1.22. The number of nitrogens with two attached hydrogens (primary N) is 1. The van der Waals surface area contributed by atoms with Crippen molar-refractivity contribution in [2.75, 3.05) is 50.0 Å². The fourth-order valence-corrected chi connectivity index (χ4v) is 2.81. The van der Waals surface area contributed by atoms with E-state index in [0.29, 0.717) is 4.88 Å². The molecule has 1 aliphatic heterocycles. The number of hydrogen-bond donors (Lipinski definition) is 5. The highest BCUT2D eigenvalue weighted by Crippen LogP contribution is 2.28. The minimum Gasteiger partial charge on any atom is -0.394 e. The number of nitrogens with zero attached hydrogens (tertiary/aromatic N) is 2. The Bertz CT molecular complexity index is 457. The average molecular weight is 301 g/mol. The van der Waals surface area contributed by atoms with Crippen molar-refractivity contribution >= 4 is 28.2 Å². The Labute approximate surface area is 120 Å². The van der Waals surface area contributed by atoms with Crippen molar-refractivity contribution in [3.63, 3.8) is 0 Å². The Morgan fingerprint density at radius 1 is 1.45 bits per heavy atom. The third-order valence-corrected chi connectivity index (χ3v) is 4.14. The maximum absolute atomic E-state index is 12.0. The fourth-order valence-electron chi connectivity index (χ4n) is 1.87. The second-order valence-electron chi connectivity index (χ2n) is 4.48. The largest absolute Gasteiger partial charge is 0.394 e. The van der Waals surface area contributed by atoms with Gasteiger partial charge in [0.25, 0.3) is 5.91 Å². The van der Waals surface area contributed by atoms with E-state index in [1.807, 2.05) is 0 Å². The van der Waals surface area contributed by atoms with Gasteiger partial charge in [0.15, 0.2) is 5.13 Å². The van der Waals surface area contributed by atoms with Crippen molar-refractivity contribution in [3.05, 3.63) is 4.88 Å². The third kappa shape index (κ3) is 3.37. The van der Waals surface area contributed by atoms with E-state index in [-0.39, 0.29) is 19.0 Å². The van der Waals surface area contributed by atoms with Gasteiger partial charge in [-0.05, 0) is 0 Å². The van der Waals surface area contributed by atoms with E-state index in [4.69, 9.17) is 15.9 Å². The molecule has 2 heterocycles. The lowest BCUT2D eigenvalue weighted by Crippen LogP contribution is -2.43. The molecule has 8 nitrogen and oxygen atoms in total. The molecule has 2 rings (SSSR count). The third-order valence-electron chi connectivity index (χ3n) is 3.01. The number of rotatable bonds is 5. The molecule has 0 unspecified atom stereocenters. The van der Waals surface area contributed by atoms with Crippen LogP contribution in [0, 0.1) is 0 Å². The number of hydrogen-bond acceptors (Lipinski definition) is 8. The van der Waals surface area contributed by atoms with Crippen molar-refractivity contribution in [1.29, 1.82) is 0 Å². The van der Waals surface area contributed by atoms with E-state index in [0.717, 1.165) is 31.3 Å². The molecule has 20 heavy (non-hydrogen) atoms. The normalized spacial score (nSPS) is 15.7. The fraction of sp³-hybridized carbons (Fsp3) is 0.636. The molecule has 0 bridgehead atoms. The summed E-state index contributed by atoms with van der Waals surface area (Å²) in [7, 11) is 0. The highest BCUT2D eigenvalue weighted by atomic mass is 32.1. The van der Waals surface area contributed by atoms with E-state index < -0.39 is 11.9 Å². The topological polar surface area (TPSA) is 124 Å². The number of piperazine rings is 1. The summed E-state index contributed by atoms with van der Waals surface area (Å²) in [5, 5.41) is 24.4. The number of carbonyl (C=O) groups is 1. The number of anilines is 2. The van der Waals surface area contributed by atoms with Gasteiger partial charge >= 0.3 is 0 Å². The number of amides is 1. The van der Waals surface area contributed by atoms with Gasteiger partial charge in [0.2, 0.25) is 0 Å². The highest BCUT2D eigenvalue weighted by Gasteiger charge is 2.22. The predicted molar refractivity (Wildman–Crippen MR) is 77.0 cm³/mol. The van der Waals surface area contributed by atoms with E-state index in [9.17, 15) is 4.79 Å². The summed E-state index contributed by atoms with van der Waals surface area (Å²) < 4.78 is 0. The van der Waals surface area contributed by atoms with Gasteiger partial charge < -0.3 is 31.5 Å². The van der Waals surface area contributed by atoms with Gasteiger partial charge in [-0.15, -0.1) is 0 Å². The van der Waals surface area contributed by atoms with Crippen LogP contribution in [0.15, 0.2) is 0 Å². The zero-order valence-corrected chi connectivity index (χ0v) is 11.8. The van der Waals surface area contributed by atoms with Crippen molar-refractivity contribution in [3.8, 4) is 0 Å². The van der Waals surface area contributed by atoms with Crippen LogP contribution in [0.4, 0.5) is 10.9 Å². The van der Waals surface area contributed by atoms with E-state index >= 15 is 0 Å². The molecule has 1 aliphatic rings. The van der Waals surface area contributed by atoms with E-state index in [1.165, 1.54) is 11.3 Å². The van der Waals surface area contributed by atoms with Crippen molar-refractivity contribution in [2.45, 2.75) is 6.04 Å². The maximum Gasteiger partial charge on any atom is 0.265 e. The Kier molecular flexibility index (Phi) is 5.12. The SMILES string of the molecule is Nc1nc(N2CCNCC2)sc1C(=O)NC(CO)CO. The molecule has 1 aromatic rings. The molecule has 1 amide bonds. The molecular weight excluding hydrogens is 282 g/mol. The predicted octanol–water partition coefficient (Wildman–Crippen LogP) is -1.78. The molecule has 1 fully saturated rings. The lowest BCUT2D eigenvalue weighted by atomic mass is 10.3. The Balaban J connectivity index is 2.08. The number of aliphatic hydroxyl groups is 2. The standard InChI is InChI=1S/C11H19N5O3S/c12-9-8(10(19)14-7(5-17)6-18)20-11(15-9)16-3-1-13-2-4-16/h7,13,17-18H,1-6,12H2,(H,14,19).